The highest BCUT2D eigenvalue weighted by Gasteiger charge is 2.19. The van der Waals surface area contributed by atoms with Crippen molar-refractivity contribution in [1.82, 2.24) is 5.32 Å². The summed E-state index contributed by atoms with van der Waals surface area (Å²) in [6.07, 6.45) is 3.69. The van der Waals surface area contributed by atoms with Gasteiger partial charge >= 0.3 is 0 Å². The lowest BCUT2D eigenvalue weighted by Gasteiger charge is -2.27. The van der Waals surface area contributed by atoms with E-state index in [4.69, 9.17) is 0 Å². The van der Waals surface area contributed by atoms with E-state index in [1.54, 1.807) is 0 Å². The Bertz CT molecular complexity index is 372. The molecule has 0 aromatic heterocycles. The van der Waals surface area contributed by atoms with Crippen LogP contribution in [0.25, 0.3) is 0 Å². The van der Waals surface area contributed by atoms with Gasteiger partial charge in [-0.2, -0.15) is 0 Å². The average molecular weight is 275 g/mol. The van der Waals surface area contributed by atoms with E-state index in [2.05, 4.69) is 71.1 Å². The maximum absolute atomic E-state index is 3.72. The topological polar surface area (TPSA) is 12.0 Å². The number of benzene rings is 1. The number of hydrogen-bond acceptors (Lipinski definition) is 1. The van der Waals surface area contributed by atoms with Gasteiger partial charge in [-0.25, -0.2) is 0 Å². The van der Waals surface area contributed by atoms with Gasteiger partial charge in [-0.3, -0.25) is 0 Å². The Morgan fingerprint density at radius 3 is 2.20 bits per heavy atom. The molecule has 0 amide bonds. The minimum absolute atomic E-state index is 0.419. The van der Waals surface area contributed by atoms with Crippen LogP contribution in [0.1, 0.15) is 71.0 Å². The van der Waals surface area contributed by atoms with Gasteiger partial charge in [0.15, 0.2) is 0 Å². The second kappa shape index (κ2) is 7.83. The number of rotatable bonds is 7. The minimum Gasteiger partial charge on any atom is -0.310 e. The lowest BCUT2D eigenvalue weighted by Crippen LogP contribution is -2.25. The molecule has 0 saturated heterocycles. The Balaban J connectivity index is 2.71. The van der Waals surface area contributed by atoms with Crippen LogP contribution < -0.4 is 5.32 Å². The fourth-order valence-electron chi connectivity index (χ4n) is 2.99. The van der Waals surface area contributed by atoms with Gasteiger partial charge < -0.3 is 5.32 Å². The molecule has 0 bridgehead atoms. The molecule has 0 heterocycles. The second-order valence-corrected chi connectivity index (χ2v) is 7.52. The quantitative estimate of drug-likeness (QED) is 0.693. The first kappa shape index (κ1) is 17.2. The van der Waals surface area contributed by atoms with Crippen LogP contribution in [-0.4, -0.2) is 6.54 Å². The van der Waals surface area contributed by atoms with Gasteiger partial charge in [0.1, 0.15) is 0 Å². The van der Waals surface area contributed by atoms with Crippen LogP contribution >= 0.6 is 0 Å². The smallest absolute Gasteiger partial charge is 0.0322 e. The van der Waals surface area contributed by atoms with Crippen LogP contribution in [0, 0.1) is 18.3 Å². The van der Waals surface area contributed by atoms with Crippen LogP contribution in [-0.2, 0) is 0 Å². The zero-order valence-electron chi connectivity index (χ0n) is 14.3. The zero-order valence-corrected chi connectivity index (χ0v) is 14.3. The molecule has 1 aromatic rings. The summed E-state index contributed by atoms with van der Waals surface area (Å²) in [5.74, 6) is 0.741. The third-order valence-electron chi connectivity index (χ3n) is 3.72. The fourth-order valence-corrected chi connectivity index (χ4v) is 2.99. The lowest BCUT2D eigenvalue weighted by molar-refractivity contribution is 0.276. The summed E-state index contributed by atoms with van der Waals surface area (Å²) in [6, 6.07) is 9.51. The molecule has 1 heteroatoms. The summed E-state index contributed by atoms with van der Waals surface area (Å²) in [5.41, 5.74) is 3.19. The van der Waals surface area contributed by atoms with Crippen LogP contribution in [0.4, 0.5) is 0 Å². The normalized spacial score (nSPS) is 15.1. The SMILES string of the molecule is CCCNC(CC(C)CC(C)(C)C)c1ccc(C)cc1. The van der Waals surface area contributed by atoms with Crippen molar-refractivity contribution in [3.8, 4) is 0 Å². The molecule has 114 valence electrons. The predicted molar refractivity (Wildman–Crippen MR) is 90.1 cm³/mol. The zero-order chi connectivity index (χ0) is 15.2. The van der Waals surface area contributed by atoms with Crippen molar-refractivity contribution in [3.05, 3.63) is 35.4 Å². The minimum atomic E-state index is 0.419. The van der Waals surface area contributed by atoms with Crippen LogP contribution in [0.3, 0.4) is 0 Å². The molecule has 20 heavy (non-hydrogen) atoms. The molecule has 0 aliphatic rings. The van der Waals surface area contributed by atoms with E-state index in [-0.39, 0.29) is 0 Å². The van der Waals surface area contributed by atoms with Crippen LogP contribution in [0.2, 0.25) is 0 Å². The van der Waals surface area contributed by atoms with Gasteiger partial charge in [-0.05, 0) is 49.6 Å². The second-order valence-electron chi connectivity index (χ2n) is 7.52. The molecule has 0 fully saturated rings. The molecule has 0 spiro atoms. The maximum Gasteiger partial charge on any atom is 0.0322 e. The lowest BCUT2D eigenvalue weighted by atomic mass is 9.82. The fraction of sp³-hybridized carbons (Fsp3) is 0.684. The Labute approximate surface area is 126 Å². The molecule has 0 aliphatic heterocycles. The standard InChI is InChI=1S/C19H33N/c1-7-12-20-18(13-16(3)14-19(4,5)6)17-10-8-15(2)9-11-17/h8-11,16,18,20H,7,12-14H2,1-6H3. The first-order chi connectivity index (χ1) is 9.31. The molecule has 0 aliphatic carbocycles. The molecular formula is C19H33N. The summed E-state index contributed by atoms with van der Waals surface area (Å²) in [7, 11) is 0. The van der Waals surface area contributed by atoms with E-state index in [1.807, 2.05) is 0 Å². The highest BCUT2D eigenvalue weighted by atomic mass is 14.9. The van der Waals surface area contributed by atoms with E-state index in [9.17, 15) is 0 Å². The summed E-state index contributed by atoms with van der Waals surface area (Å²) in [4.78, 5) is 0. The van der Waals surface area contributed by atoms with Crippen molar-refractivity contribution in [2.75, 3.05) is 6.54 Å². The van der Waals surface area contributed by atoms with Gasteiger partial charge in [0, 0.05) is 6.04 Å². The third kappa shape index (κ3) is 6.56. The molecule has 1 aromatic carbocycles. The van der Waals surface area contributed by atoms with E-state index in [0.29, 0.717) is 11.5 Å². The summed E-state index contributed by atoms with van der Waals surface area (Å²) in [5, 5.41) is 3.72. The maximum atomic E-state index is 3.72. The van der Waals surface area contributed by atoms with E-state index < -0.39 is 0 Å². The summed E-state index contributed by atoms with van der Waals surface area (Å²) >= 11 is 0. The highest BCUT2D eigenvalue weighted by molar-refractivity contribution is 5.24. The molecule has 2 atom stereocenters. The van der Waals surface area contributed by atoms with Crippen molar-refractivity contribution in [2.45, 2.75) is 66.8 Å². The molecule has 1 rings (SSSR count). The average Bonchev–Trinajstić information content (AvgIpc) is 2.33. The molecule has 1 N–H and O–H groups in total. The Morgan fingerprint density at radius 1 is 1.10 bits per heavy atom. The number of nitrogens with one attached hydrogen (secondary N) is 1. The van der Waals surface area contributed by atoms with Gasteiger partial charge in [-0.15, -0.1) is 0 Å². The molecular weight excluding hydrogens is 242 g/mol. The summed E-state index contributed by atoms with van der Waals surface area (Å²) in [6.45, 7) is 14.9. The third-order valence-corrected chi connectivity index (χ3v) is 3.72. The molecule has 0 radical (unpaired) electrons. The largest absolute Gasteiger partial charge is 0.310 e. The molecule has 0 saturated carbocycles. The number of hydrogen-bond donors (Lipinski definition) is 1. The Morgan fingerprint density at radius 2 is 1.70 bits per heavy atom. The van der Waals surface area contributed by atoms with Gasteiger partial charge in [0.2, 0.25) is 0 Å². The molecule has 2 unspecified atom stereocenters. The number of aryl methyl sites for hydroxylation is 1. The molecule has 1 nitrogen and oxygen atoms in total. The van der Waals surface area contributed by atoms with Gasteiger partial charge in [0.25, 0.3) is 0 Å². The first-order valence-corrected chi connectivity index (χ1v) is 8.12. The van der Waals surface area contributed by atoms with Crippen molar-refractivity contribution in [3.63, 3.8) is 0 Å². The van der Waals surface area contributed by atoms with Crippen molar-refractivity contribution in [2.24, 2.45) is 11.3 Å². The predicted octanol–water partition coefficient (Wildman–Crippen LogP) is 5.50. The highest BCUT2D eigenvalue weighted by Crippen LogP contribution is 2.30. The Kier molecular flexibility index (Phi) is 6.75. The first-order valence-electron chi connectivity index (χ1n) is 8.12. The van der Waals surface area contributed by atoms with E-state index >= 15 is 0 Å². The van der Waals surface area contributed by atoms with Crippen molar-refractivity contribution >= 4 is 0 Å². The van der Waals surface area contributed by atoms with Crippen LogP contribution in [0.5, 0.6) is 0 Å². The van der Waals surface area contributed by atoms with E-state index in [0.717, 1.165) is 12.5 Å². The summed E-state index contributed by atoms with van der Waals surface area (Å²) < 4.78 is 0. The Hall–Kier alpha value is -0.820. The van der Waals surface area contributed by atoms with Crippen molar-refractivity contribution < 1.29 is 0 Å². The van der Waals surface area contributed by atoms with Crippen LogP contribution in [0.15, 0.2) is 24.3 Å². The van der Waals surface area contributed by atoms with Gasteiger partial charge in [0.05, 0.1) is 0 Å². The monoisotopic (exact) mass is 275 g/mol. The van der Waals surface area contributed by atoms with Gasteiger partial charge in [-0.1, -0.05) is 64.4 Å². The van der Waals surface area contributed by atoms with E-state index in [1.165, 1.54) is 30.4 Å². The van der Waals surface area contributed by atoms with Crippen molar-refractivity contribution in [1.29, 1.82) is 0 Å².